The minimum absolute atomic E-state index is 0.0779. The van der Waals surface area contributed by atoms with Crippen molar-refractivity contribution in [2.45, 2.75) is 23.9 Å². The van der Waals surface area contributed by atoms with E-state index in [-0.39, 0.29) is 23.3 Å². The van der Waals surface area contributed by atoms with Gasteiger partial charge in [0.25, 0.3) is 10.0 Å². The third kappa shape index (κ3) is 4.07. The van der Waals surface area contributed by atoms with Crippen molar-refractivity contribution >= 4 is 26.9 Å². The van der Waals surface area contributed by atoms with E-state index in [1.807, 2.05) is 0 Å². The molecule has 3 aromatic rings. The van der Waals surface area contributed by atoms with Crippen molar-refractivity contribution in [1.29, 1.82) is 0 Å². The largest absolute Gasteiger partial charge is 0.497 e. The summed E-state index contributed by atoms with van der Waals surface area (Å²) in [6, 6.07) is 7.82. The Balaban J connectivity index is 2.13. The number of rotatable bonds is 6. The fraction of sp³-hybridized carbons (Fsp3) is 0.211. The van der Waals surface area contributed by atoms with E-state index in [1.165, 1.54) is 19.4 Å². The molecule has 2 aromatic carbocycles. The van der Waals surface area contributed by atoms with E-state index in [4.69, 9.17) is 9.84 Å². The summed E-state index contributed by atoms with van der Waals surface area (Å²) in [6.45, 7) is 0. The molecule has 0 saturated carbocycles. The van der Waals surface area contributed by atoms with E-state index in [9.17, 15) is 26.4 Å². The topological polar surface area (TPSA) is 85.6 Å². The molecular formula is C19H16F3NO5S. The first-order chi connectivity index (χ1) is 13.5. The van der Waals surface area contributed by atoms with Crippen LogP contribution in [0, 0.1) is 0 Å². The lowest BCUT2D eigenvalue weighted by Crippen LogP contribution is -2.13. The van der Waals surface area contributed by atoms with Gasteiger partial charge in [0.15, 0.2) is 0 Å². The van der Waals surface area contributed by atoms with E-state index in [0.29, 0.717) is 28.8 Å². The lowest BCUT2D eigenvalue weighted by atomic mass is 10.1. The molecule has 0 spiro atoms. The monoisotopic (exact) mass is 427 g/mol. The summed E-state index contributed by atoms with van der Waals surface area (Å²) < 4.78 is 70.5. The molecule has 0 aliphatic carbocycles. The molecule has 0 aliphatic rings. The van der Waals surface area contributed by atoms with Crippen LogP contribution in [-0.2, 0) is 27.4 Å². The number of benzene rings is 2. The zero-order valence-corrected chi connectivity index (χ0v) is 15.9. The highest BCUT2D eigenvalue weighted by molar-refractivity contribution is 7.90. The van der Waals surface area contributed by atoms with Gasteiger partial charge >= 0.3 is 12.1 Å². The van der Waals surface area contributed by atoms with E-state index in [2.05, 4.69) is 0 Å². The number of aromatic nitrogens is 1. The fourth-order valence-electron chi connectivity index (χ4n) is 2.94. The standard InChI is InChI=1S/C19H16F3NO5S/c1-28-14-5-8-17-16(10-14)12(2-9-18(24)25)11-23(17)29(26,27)15-6-3-13(4-7-15)19(20,21)22/h3-8,10-11H,2,9H2,1H3,(H,24,25). The number of carbonyl (C=O) groups is 1. The molecule has 1 aromatic heterocycles. The molecule has 6 nitrogen and oxygen atoms in total. The first kappa shape index (κ1) is 20.7. The molecule has 3 rings (SSSR count). The molecule has 0 fully saturated rings. The number of alkyl halides is 3. The maximum atomic E-state index is 13.0. The number of ether oxygens (including phenoxy) is 1. The highest BCUT2D eigenvalue weighted by Gasteiger charge is 2.31. The fourth-order valence-corrected chi connectivity index (χ4v) is 4.33. The van der Waals surface area contributed by atoms with Crippen molar-refractivity contribution in [3.63, 3.8) is 0 Å². The highest BCUT2D eigenvalue weighted by atomic mass is 32.2. The molecule has 0 bridgehead atoms. The normalized spacial score (nSPS) is 12.3. The van der Waals surface area contributed by atoms with Crippen LogP contribution in [0.25, 0.3) is 10.9 Å². The molecule has 0 amide bonds. The molecule has 29 heavy (non-hydrogen) atoms. The van der Waals surface area contributed by atoms with Gasteiger partial charge < -0.3 is 9.84 Å². The van der Waals surface area contributed by atoms with Crippen molar-refractivity contribution in [3.05, 3.63) is 59.8 Å². The van der Waals surface area contributed by atoms with Gasteiger partial charge in [0, 0.05) is 18.0 Å². The molecule has 0 aliphatic heterocycles. The Bertz CT molecular complexity index is 1170. The molecule has 1 N–H and O–H groups in total. The predicted molar refractivity (Wildman–Crippen MR) is 98.5 cm³/mol. The van der Waals surface area contributed by atoms with E-state index in [0.717, 1.165) is 16.1 Å². The van der Waals surface area contributed by atoms with Crippen LogP contribution in [0.15, 0.2) is 53.6 Å². The van der Waals surface area contributed by atoms with Gasteiger partial charge in [0.1, 0.15) is 5.75 Å². The zero-order valence-electron chi connectivity index (χ0n) is 15.1. The van der Waals surface area contributed by atoms with Gasteiger partial charge in [0.2, 0.25) is 0 Å². The number of hydrogen-bond donors (Lipinski definition) is 1. The number of aliphatic carboxylic acids is 1. The Morgan fingerprint density at radius 3 is 2.34 bits per heavy atom. The Morgan fingerprint density at radius 2 is 1.79 bits per heavy atom. The van der Waals surface area contributed by atoms with Crippen LogP contribution in [0.5, 0.6) is 5.75 Å². The maximum Gasteiger partial charge on any atom is 0.416 e. The summed E-state index contributed by atoms with van der Waals surface area (Å²) in [5.41, 5.74) is -0.219. The molecule has 0 radical (unpaired) electrons. The van der Waals surface area contributed by atoms with E-state index >= 15 is 0 Å². The van der Waals surface area contributed by atoms with Gasteiger partial charge in [-0.3, -0.25) is 4.79 Å². The van der Waals surface area contributed by atoms with Gasteiger partial charge in [-0.05, 0) is 54.4 Å². The number of hydrogen-bond acceptors (Lipinski definition) is 4. The number of carboxylic acid groups (broad SMARTS) is 1. The van der Waals surface area contributed by atoms with Gasteiger partial charge in [0.05, 0.1) is 23.1 Å². The summed E-state index contributed by atoms with van der Waals surface area (Å²) in [7, 11) is -2.77. The van der Waals surface area contributed by atoms with E-state index < -0.39 is 27.7 Å². The summed E-state index contributed by atoms with van der Waals surface area (Å²) in [4.78, 5) is 10.6. The van der Waals surface area contributed by atoms with E-state index in [1.54, 1.807) is 12.1 Å². The second-order valence-corrected chi connectivity index (χ2v) is 8.07. The summed E-state index contributed by atoms with van der Waals surface area (Å²) in [5, 5.41) is 9.43. The van der Waals surface area contributed by atoms with Crippen LogP contribution in [0.3, 0.4) is 0 Å². The molecule has 154 valence electrons. The van der Waals surface area contributed by atoms with Crippen LogP contribution >= 0.6 is 0 Å². The van der Waals surface area contributed by atoms with Crippen LogP contribution in [-0.4, -0.2) is 30.6 Å². The average molecular weight is 427 g/mol. The number of carboxylic acids is 1. The van der Waals surface area contributed by atoms with Gasteiger partial charge in [-0.15, -0.1) is 0 Å². The van der Waals surface area contributed by atoms with Crippen molar-refractivity contribution < 1.29 is 36.2 Å². The molecule has 10 heteroatoms. The van der Waals surface area contributed by atoms with Crippen LogP contribution in [0.4, 0.5) is 13.2 Å². The first-order valence-corrected chi connectivity index (χ1v) is 9.80. The second kappa shape index (κ2) is 7.43. The van der Waals surface area contributed by atoms with Crippen LogP contribution in [0.1, 0.15) is 17.5 Å². The van der Waals surface area contributed by atoms with Gasteiger partial charge in [-0.1, -0.05) is 0 Å². The van der Waals surface area contributed by atoms with Gasteiger partial charge in [-0.25, -0.2) is 12.4 Å². The van der Waals surface area contributed by atoms with Crippen molar-refractivity contribution in [2.75, 3.05) is 7.11 Å². The average Bonchev–Trinajstić information content (AvgIpc) is 3.04. The van der Waals surface area contributed by atoms with Crippen LogP contribution in [0.2, 0.25) is 0 Å². The third-order valence-corrected chi connectivity index (χ3v) is 6.09. The van der Waals surface area contributed by atoms with Gasteiger partial charge in [-0.2, -0.15) is 13.2 Å². The molecular weight excluding hydrogens is 411 g/mol. The lowest BCUT2D eigenvalue weighted by Gasteiger charge is -2.10. The minimum Gasteiger partial charge on any atom is -0.497 e. The summed E-state index contributed by atoms with van der Waals surface area (Å²) in [5.74, 6) is -0.585. The summed E-state index contributed by atoms with van der Waals surface area (Å²) >= 11 is 0. The quantitative estimate of drug-likeness (QED) is 0.645. The zero-order chi connectivity index (χ0) is 21.4. The SMILES string of the molecule is COc1ccc2c(c1)c(CCC(=O)O)cn2S(=O)(=O)c1ccc(C(F)(F)F)cc1. The summed E-state index contributed by atoms with van der Waals surface area (Å²) in [6.07, 6.45) is -3.42. The van der Waals surface area contributed by atoms with Crippen LogP contribution < -0.4 is 4.74 Å². The predicted octanol–water partition coefficient (Wildman–Crippen LogP) is 3.92. The number of methoxy groups -OCH3 is 1. The number of fused-ring (bicyclic) bond motifs is 1. The Hall–Kier alpha value is -3.01. The smallest absolute Gasteiger partial charge is 0.416 e. The molecule has 0 saturated heterocycles. The molecule has 0 unspecified atom stereocenters. The number of nitrogens with zero attached hydrogens (tertiary/aromatic N) is 1. The number of halogens is 3. The Morgan fingerprint density at radius 1 is 1.14 bits per heavy atom. The lowest BCUT2D eigenvalue weighted by molar-refractivity contribution is -0.138. The second-order valence-electron chi connectivity index (χ2n) is 6.25. The Labute approximate surface area is 164 Å². The number of aryl methyl sites for hydroxylation is 1. The van der Waals surface area contributed by atoms with Crippen molar-refractivity contribution in [1.82, 2.24) is 3.97 Å². The third-order valence-electron chi connectivity index (χ3n) is 4.41. The van der Waals surface area contributed by atoms with Crippen molar-refractivity contribution in [3.8, 4) is 5.75 Å². The minimum atomic E-state index is -4.58. The maximum absolute atomic E-state index is 13.0. The molecule has 1 heterocycles. The Kier molecular flexibility index (Phi) is 5.31. The molecule has 0 atom stereocenters. The first-order valence-electron chi connectivity index (χ1n) is 8.36. The highest BCUT2D eigenvalue weighted by Crippen LogP contribution is 2.32. The van der Waals surface area contributed by atoms with Crippen molar-refractivity contribution in [2.24, 2.45) is 0 Å².